The Morgan fingerprint density at radius 2 is 2.17 bits per heavy atom. The van der Waals surface area contributed by atoms with Gasteiger partial charge in [0.1, 0.15) is 0 Å². The third kappa shape index (κ3) is 2.43. The first-order valence-electron chi connectivity index (χ1n) is 3.36. The highest BCUT2D eigenvalue weighted by Gasteiger charge is 1.96. The minimum absolute atomic E-state index is 0.517. The SMILES string of the molecule is CSC(N)=Nc1ccccc1Cl. The van der Waals surface area contributed by atoms with Gasteiger partial charge in [-0.1, -0.05) is 35.5 Å². The molecule has 0 heterocycles. The van der Waals surface area contributed by atoms with Crippen molar-refractivity contribution in [1.29, 1.82) is 0 Å². The summed E-state index contributed by atoms with van der Waals surface area (Å²) in [5.74, 6) is 0. The van der Waals surface area contributed by atoms with Crippen molar-refractivity contribution in [3.05, 3.63) is 29.3 Å². The van der Waals surface area contributed by atoms with Crippen molar-refractivity contribution in [2.24, 2.45) is 10.7 Å². The van der Waals surface area contributed by atoms with Gasteiger partial charge < -0.3 is 5.73 Å². The van der Waals surface area contributed by atoms with E-state index in [2.05, 4.69) is 4.99 Å². The van der Waals surface area contributed by atoms with Crippen LogP contribution in [0.5, 0.6) is 0 Å². The van der Waals surface area contributed by atoms with Crippen molar-refractivity contribution in [3.63, 3.8) is 0 Å². The van der Waals surface area contributed by atoms with Gasteiger partial charge in [-0.2, -0.15) is 0 Å². The first kappa shape index (κ1) is 9.42. The number of hydrogen-bond acceptors (Lipinski definition) is 2. The number of nitrogens with two attached hydrogens (primary N) is 1. The van der Waals surface area contributed by atoms with Gasteiger partial charge in [0.05, 0.1) is 10.7 Å². The molecule has 0 radical (unpaired) electrons. The second-order valence-electron chi connectivity index (χ2n) is 2.11. The molecule has 0 bridgehead atoms. The summed E-state index contributed by atoms with van der Waals surface area (Å²) >= 11 is 7.25. The first-order valence-corrected chi connectivity index (χ1v) is 4.97. The van der Waals surface area contributed by atoms with Crippen LogP contribution >= 0.6 is 23.4 Å². The van der Waals surface area contributed by atoms with Gasteiger partial charge in [0.15, 0.2) is 5.17 Å². The lowest BCUT2D eigenvalue weighted by Gasteiger charge is -1.97. The maximum Gasteiger partial charge on any atom is 0.158 e. The van der Waals surface area contributed by atoms with E-state index in [4.69, 9.17) is 17.3 Å². The average Bonchev–Trinajstić information content (AvgIpc) is 2.09. The van der Waals surface area contributed by atoms with Crippen LogP contribution in [0.3, 0.4) is 0 Å². The standard InChI is InChI=1S/C8H9ClN2S/c1-12-8(10)11-7-5-3-2-4-6(7)9/h2-5H,1H3,(H2,10,11). The maximum atomic E-state index is 5.85. The topological polar surface area (TPSA) is 38.4 Å². The molecule has 0 aliphatic carbocycles. The van der Waals surface area contributed by atoms with Crippen molar-refractivity contribution in [3.8, 4) is 0 Å². The lowest BCUT2D eigenvalue weighted by atomic mass is 10.3. The van der Waals surface area contributed by atoms with E-state index in [-0.39, 0.29) is 0 Å². The average molecular weight is 201 g/mol. The van der Waals surface area contributed by atoms with E-state index in [0.29, 0.717) is 15.9 Å². The predicted octanol–water partition coefficient (Wildman–Crippen LogP) is 2.65. The smallest absolute Gasteiger partial charge is 0.158 e. The van der Waals surface area contributed by atoms with Crippen molar-refractivity contribution in [1.82, 2.24) is 0 Å². The van der Waals surface area contributed by atoms with E-state index in [9.17, 15) is 0 Å². The number of nitrogens with zero attached hydrogens (tertiary/aromatic N) is 1. The van der Waals surface area contributed by atoms with Gasteiger partial charge in [-0.05, 0) is 18.4 Å². The highest BCUT2D eigenvalue weighted by molar-refractivity contribution is 8.13. The summed E-state index contributed by atoms with van der Waals surface area (Å²) in [6, 6.07) is 7.34. The van der Waals surface area contributed by atoms with E-state index in [0.717, 1.165) is 0 Å². The van der Waals surface area contributed by atoms with Gasteiger partial charge in [0, 0.05) is 0 Å². The third-order valence-corrected chi connectivity index (χ3v) is 2.12. The first-order chi connectivity index (χ1) is 5.74. The number of rotatable bonds is 1. The van der Waals surface area contributed by atoms with E-state index in [1.807, 2.05) is 24.5 Å². The maximum absolute atomic E-state index is 5.85. The molecule has 1 aromatic rings. The molecular formula is C8H9ClN2S. The summed E-state index contributed by atoms with van der Waals surface area (Å²) in [5.41, 5.74) is 6.24. The molecule has 0 aromatic heterocycles. The molecule has 0 aliphatic rings. The molecule has 0 spiro atoms. The molecule has 1 rings (SSSR count). The van der Waals surface area contributed by atoms with E-state index >= 15 is 0 Å². The lowest BCUT2D eigenvalue weighted by molar-refractivity contribution is 1.51. The summed E-state index contributed by atoms with van der Waals surface area (Å²) in [4.78, 5) is 4.10. The second kappa shape index (κ2) is 4.38. The van der Waals surface area contributed by atoms with Crippen LogP contribution < -0.4 is 5.73 Å². The second-order valence-corrected chi connectivity index (χ2v) is 3.34. The van der Waals surface area contributed by atoms with Crippen LogP contribution in [-0.4, -0.2) is 11.4 Å². The Kier molecular flexibility index (Phi) is 3.44. The fourth-order valence-corrected chi connectivity index (χ4v) is 1.07. The number of benzene rings is 1. The minimum atomic E-state index is 0.517. The van der Waals surface area contributed by atoms with Crippen molar-refractivity contribution < 1.29 is 0 Å². The van der Waals surface area contributed by atoms with E-state index < -0.39 is 0 Å². The Morgan fingerprint density at radius 3 is 2.75 bits per heavy atom. The van der Waals surface area contributed by atoms with Gasteiger partial charge in [0.2, 0.25) is 0 Å². The molecule has 0 aliphatic heterocycles. The molecule has 0 unspecified atom stereocenters. The summed E-state index contributed by atoms with van der Waals surface area (Å²) in [6.07, 6.45) is 1.87. The number of para-hydroxylation sites is 1. The van der Waals surface area contributed by atoms with Gasteiger partial charge in [-0.15, -0.1) is 0 Å². The fourth-order valence-electron chi connectivity index (χ4n) is 0.707. The van der Waals surface area contributed by atoms with Crippen LogP contribution in [0, 0.1) is 0 Å². The molecule has 1 aromatic carbocycles. The largest absolute Gasteiger partial charge is 0.378 e. The summed E-state index contributed by atoms with van der Waals surface area (Å²) in [5, 5.41) is 1.14. The molecular weight excluding hydrogens is 192 g/mol. The zero-order valence-corrected chi connectivity index (χ0v) is 8.19. The quantitative estimate of drug-likeness (QED) is 0.559. The number of thioether (sulfide) groups is 1. The zero-order valence-electron chi connectivity index (χ0n) is 6.62. The van der Waals surface area contributed by atoms with Crippen molar-refractivity contribution in [2.75, 3.05) is 6.26 Å². The van der Waals surface area contributed by atoms with Gasteiger partial charge in [0.25, 0.3) is 0 Å². The highest BCUT2D eigenvalue weighted by atomic mass is 35.5. The molecule has 0 amide bonds. The summed E-state index contributed by atoms with van der Waals surface area (Å²) < 4.78 is 0. The number of amidine groups is 1. The molecule has 4 heteroatoms. The fraction of sp³-hybridized carbons (Fsp3) is 0.125. The number of hydrogen-bond donors (Lipinski definition) is 1. The Hall–Kier alpha value is -0.670. The van der Waals surface area contributed by atoms with E-state index in [1.165, 1.54) is 11.8 Å². The molecule has 2 nitrogen and oxygen atoms in total. The molecule has 0 saturated carbocycles. The van der Waals surface area contributed by atoms with Crippen molar-refractivity contribution in [2.45, 2.75) is 0 Å². The third-order valence-electron chi connectivity index (χ3n) is 1.29. The molecule has 64 valence electrons. The Labute approximate surface area is 80.8 Å². The number of aliphatic imine (C=N–C) groups is 1. The minimum Gasteiger partial charge on any atom is -0.378 e. The van der Waals surface area contributed by atoms with Crippen LogP contribution in [0.25, 0.3) is 0 Å². The Balaban J connectivity index is 2.96. The zero-order chi connectivity index (χ0) is 8.97. The Morgan fingerprint density at radius 1 is 1.50 bits per heavy atom. The molecule has 12 heavy (non-hydrogen) atoms. The predicted molar refractivity (Wildman–Crippen MR) is 56.2 cm³/mol. The molecule has 0 atom stereocenters. The van der Waals surface area contributed by atoms with Crippen molar-refractivity contribution >= 4 is 34.2 Å². The normalized spacial score (nSPS) is 11.7. The van der Waals surface area contributed by atoms with Crippen LogP contribution in [-0.2, 0) is 0 Å². The lowest BCUT2D eigenvalue weighted by Crippen LogP contribution is -2.04. The van der Waals surface area contributed by atoms with Gasteiger partial charge in [-0.25, -0.2) is 4.99 Å². The highest BCUT2D eigenvalue weighted by Crippen LogP contribution is 2.24. The molecule has 0 saturated heterocycles. The summed E-state index contributed by atoms with van der Waals surface area (Å²) in [7, 11) is 0. The van der Waals surface area contributed by atoms with Crippen LogP contribution in [0.1, 0.15) is 0 Å². The summed E-state index contributed by atoms with van der Waals surface area (Å²) in [6.45, 7) is 0. The van der Waals surface area contributed by atoms with Crippen LogP contribution in [0.2, 0.25) is 5.02 Å². The van der Waals surface area contributed by atoms with Crippen LogP contribution in [0.4, 0.5) is 5.69 Å². The molecule has 2 N–H and O–H groups in total. The number of halogens is 1. The monoisotopic (exact) mass is 200 g/mol. The molecule has 0 fully saturated rings. The van der Waals surface area contributed by atoms with Gasteiger partial charge >= 0.3 is 0 Å². The van der Waals surface area contributed by atoms with Gasteiger partial charge in [-0.3, -0.25) is 0 Å². The van der Waals surface area contributed by atoms with Crippen LogP contribution in [0.15, 0.2) is 29.3 Å². The Bertz CT molecular complexity index is 299. The van der Waals surface area contributed by atoms with E-state index in [1.54, 1.807) is 6.07 Å².